The Labute approximate surface area is 161 Å². The largest absolute Gasteiger partial charge is 0.506 e. The predicted molar refractivity (Wildman–Crippen MR) is 106 cm³/mol. The Morgan fingerprint density at radius 1 is 1.00 bits per heavy atom. The van der Waals surface area contributed by atoms with Crippen molar-refractivity contribution >= 4 is 44.0 Å². The van der Waals surface area contributed by atoms with Crippen LogP contribution in [0.15, 0.2) is 65.6 Å². The summed E-state index contributed by atoms with van der Waals surface area (Å²) in [5.74, 6) is -0.571. The van der Waals surface area contributed by atoms with Crippen LogP contribution in [0.3, 0.4) is 0 Å². The Kier molecular flexibility index (Phi) is 5.65. The number of halogens is 1. The molecule has 0 radical (unpaired) electrons. The van der Waals surface area contributed by atoms with Gasteiger partial charge in [0.1, 0.15) is 5.75 Å². The fourth-order valence-corrected chi connectivity index (χ4v) is 3.78. The Morgan fingerprint density at radius 2 is 1.74 bits per heavy atom. The van der Waals surface area contributed by atoms with Crippen molar-refractivity contribution in [3.63, 3.8) is 0 Å². The summed E-state index contributed by atoms with van der Waals surface area (Å²) in [6, 6.07) is 16.6. The Bertz CT molecular complexity index is 1100. The zero-order valence-corrected chi connectivity index (χ0v) is 15.7. The van der Waals surface area contributed by atoms with E-state index in [1.54, 1.807) is 12.1 Å². The number of aromatic hydroxyl groups is 1. The van der Waals surface area contributed by atoms with E-state index < -0.39 is 15.9 Å². The van der Waals surface area contributed by atoms with Gasteiger partial charge in [-0.2, -0.15) is 0 Å². The van der Waals surface area contributed by atoms with Crippen LogP contribution in [0, 0.1) is 0 Å². The first-order valence-corrected chi connectivity index (χ1v) is 9.98. The molecule has 0 aliphatic rings. The summed E-state index contributed by atoms with van der Waals surface area (Å²) in [6.45, 7) is -0.0810. The van der Waals surface area contributed by atoms with Crippen molar-refractivity contribution < 1.29 is 18.3 Å². The van der Waals surface area contributed by atoms with E-state index in [0.29, 0.717) is 5.02 Å². The van der Waals surface area contributed by atoms with Gasteiger partial charge in [-0.15, -0.1) is 0 Å². The van der Waals surface area contributed by atoms with Crippen LogP contribution >= 0.6 is 11.6 Å². The van der Waals surface area contributed by atoms with Gasteiger partial charge < -0.3 is 10.4 Å². The molecule has 3 rings (SSSR count). The maximum absolute atomic E-state index is 12.4. The second kappa shape index (κ2) is 7.96. The fourth-order valence-electron chi connectivity index (χ4n) is 2.54. The van der Waals surface area contributed by atoms with Crippen LogP contribution in [-0.4, -0.2) is 26.0 Å². The topological polar surface area (TPSA) is 95.5 Å². The number of amides is 1. The summed E-state index contributed by atoms with van der Waals surface area (Å²) >= 11 is 5.82. The molecule has 6 nitrogen and oxygen atoms in total. The van der Waals surface area contributed by atoms with Gasteiger partial charge in [0.25, 0.3) is 0 Å². The molecule has 0 heterocycles. The SMILES string of the molecule is O=C(CCNS(=O)(=O)c1ccc2ccccc2c1)Nc1cc(Cl)ccc1O. The molecule has 0 fully saturated rings. The number of hydrogen-bond donors (Lipinski definition) is 3. The van der Waals surface area contributed by atoms with Crippen LogP contribution in [0.4, 0.5) is 5.69 Å². The molecular weight excluding hydrogens is 388 g/mol. The van der Waals surface area contributed by atoms with Crippen LogP contribution in [0.5, 0.6) is 5.75 Å². The maximum Gasteiger partial charge on any atom is 0.240 e. The number of benzene rings is 3. The van der Waals surface area contributed by atoms with Gasteiger partial charge in [0.05, 0.1) is 10.6 Å². The number of carbonyl (C=O) groups excluding carboxylic acids is 1. The smallest absolute Gasteiger partial charge is 0.240 e. The Morgan fingerprint density at radius 3 is 2.52 bits per heavy atom. The van der Waals surface area contributed by atoms with Gasteiger partial charge in [0, 0.05) is 18.0 Å². The number of anilines is 1. The molecule has 8 heteroatoms. The van der Waals surface area contributed by atoms with Crippen molar-refractivity contribution in [3.05, 3.63) is 65.7 Å². The first-order chi connectivity index (χ1) is 12.8. The summed E-state index contributed by atoms with van der Waals surface area (Å²) in [5.41, 5.74) is 0.171. The van der Waals surface area contributed by atoms with E-state index in [1.165, 1.54) is 24.3 Å². The molecular formula is C19H17ClN2O4S. The standard InChI is InChI=1S/C19H17ClN2O4S/c20-15-6-8-18(23)17(12-15)22-19(24)9-10-21-27(25,26)16-7-5-13-3-1-2-4-14(13)11-16/h1-8,11-12,21,23H,9-10H2,(H,22,24). The van der Waals surface area contributed by atoms with Gasteiger partial charge >= 0.3 is 0 Å². The third-order valence-electron chi connectivity index (χ3n) is 3.91. The second-order valence-corrected chi connectivity index (χ2v) is 8.07. The van der Waals surface area contributed by atoms with Crippen molar-refractivity contribution in [2.24, 2.45) is 0 Å². The van der Waals surface area contributed by atoms with Crippen molar-refractivity contribution in [1.29, 1.82) is 0 Å². The van der Waals surface area contributed by atoms with Gasteiger partial charge in [0.2, 0.25) is 15.9 Å². The number of rotatable bonds is 6. The highest BCUT2D eigenvalue weighted by Gasteiger charge is 2.15. The number of nitrogens with one attached hydrogen (secondary N) is 2. The third-order valence-corrected chi connectivity index (χ3v) is 5.60. The summed E-state index contributed by atoms with van der Waals surface area (Å²) in [4.78, 5) is 12.1. The van der Waals surface area contributed by atoms with E-state index in [0.717, 1.165) is 10.8 Å². The number of phenolic OH excluding ortho intramolecular Hbond substituents is 1. The summed E-state index contributed by atoms with van der Waals surface area (Å²) in [6.07, 6.45) is -0.0984. The lowest BCUT2D eigenvalue weighted by molar-refractivity contribution is -0.116. The monoisotopic (exact) mass is 404 g/mol. The van der Waals surface area contributed by atoms with E-state index in [9.17, 15) is 18.3 Å². The van der Waals surface area contributed by atoms with E-state index in [2.05, 4.69) is 10.0 Å². The summed E-state index contributed by atoms with van der Waals surface area (Å²) in [7, 11) is -3.74. The number of hydrogen-bond acceptors (Lipinski definition) is 4. The van der Waals surface area contributed by atoms with Gasteiger partial charge in [-0.1, -0.05) is 41.9 Å². The van der Waals surface area contributed by atoms with Crippen LogP contribution in [0.1, 0.15) is 6.42 Å². The molecule has 1 amide bonds. The Hall–Kier alpha value is -2.61. The molecule has 0 saturated heterocycles. The zero-order valence-electron chi connectivity index (χ0n) is 14.1. The number of carbonyl (C=O) groups is 1. The van der Waals surface area contributed by atoms with Crippen molar-refractivity contribution in [2.75, 3.05) is 11.9 Å². The fraction of sp³-hybridized carbons (Fsp3) is 0.105. The highest BCUT2D eigenvalue weighted by molar-refractivity contribution is 7.89. The third kappa shape index (κ3) is 4.77. The van der Waals surface area contributed by atoms with Crippen molar-refractivity contribution in [3.8, 4) is 5.75 Å². The Balaban J connectivity index is 1.61. The number of fused-ring (bicyclic) bond motifs is 1. The average Bonchev–Trinajstić information content (AvgIpc) is 2.64. The summed E-state index contributed by atoms with van der Waals surface area (Å²) in [5, 5.41) is 14.3. The molecule has 0 spiro atoms. The minimum absolute atomic E-state index is 0.0810. The molecule has 0 unspecified atom stereocenters. The minimum atomic E-state index is -3.74. The second-order valence-electron chi connectivity index (χ2n) is 5.87. The van der Waals surface area contributed by atoms with Gasteiger partial charge in [-0.25, -0.2) is 13.1 Å². The lowest BCUT2D eigenvalue weighted by Crippen LogP contribution is -2.27. The van der Waals surface area contributed by atoms with E-state index >= 15 is 0 Å². The first-order valence-electron chi connectivity index (χ1n) is 8.12. The van der Waals surface area contributed by atoms with Crippen molar-refractivity contribution in [1.82, 2.24) is 4.72 Å². The molecule has 140 valence electrons. The highest BCUT2D eigenvalue weighted by Crippen LogP contribution is 2.26. The normalized spacial score (nSPS) is 11.4. The van der Waals surface area contributed by atoms with Crippen LogP contribution < -0.4 is 10.0 Å². The van der Waals surface area contributed by atoms with Crippen molar-refractivity contribution in [2.45, 2.75) is 11.3 Å². The highest BCUT2D eigenvalue weighted by atomic mass is 35.5. The van der Waals surface area contributed by atoms with Gasteiger partial charge in [-0.05, 0) is 41.1 Å². The number of phenols is 1. The minimum Gasteiger partial charge on any atom is -0.506 e. The molecule has 3 aromatic rings. The molecule has 0 saturated carbocycles. The predicted octanol–water partition coefficient (Wildman–Crippen LogP) is 3.51. The quantitative estimate of drug-likeness (QED) is 0.548. The maximum atomic E-state index is 12.4. The average molecular weight is 405 g/mol. The van der Waals surface area contributed by atoms with Crippen LogP contribution in [0.2, 0.25) is 5.02 Å². The van der Waals surface area contributed by atoms with E-state index in [4.69, 9.17) is 11.6 Å². The molecule has 27 heavy (non-hydrogen) atoms. The first kappa shape index (κ1) is 19.2. The molecule has 0 aliphatic heterocycles. The molecule has 0 aliphatic carbocycles. The molecule has 0 aromatic heterocycles. The van der Waals surface area contributed by atoms with E-state index in [1.807, 2.05) is 24.3 Å². The molecule has 3 aromatic carbocycles. The molecule has 0 atom stereocenters. The summed E-state index contributed by atoms with van der Waals surface area (Å²) < 4.78 is 27.2. The van der Waals surface area contributed by atoms with Crippen LogP contribution in [0.25, 0.3) is 10.8 Å². The number of sulfonamides is 1. The molecule has 0 bridgehead atoms. The molecule has 3 N–H and O–H groups in total. The zero-order chi connectivity index (χ0) is 19.4. The van der Waals surface area contributed by atoms with Crippen LogP contribution in [-0.2, 0) is 14.8 Å². The van der Waals surface area contributed by atoms with E-state index in [-0.39, 0.29) is 29.3 Å². The lowest BCUT2D eigenvalue weighted by atomic mass is 10.1. The van der Waals surface area contributed by atoms with Gasteiger partial charge in [-0.3, -0.25) is 4.79 Å². The lowest BCUT2D eigenvalue weighted by Gasteiger charge is -2.09. The van der Waals surface area contributed by atoms with Gasteiger partial charge in [0.15, 0.2) is 0 Å².